The fourth-order valence-electron chi connectivity index (χ4n) is 4.93. The second-order valence-electron chi connectivity index (χ2n) is 10.0. The molecule has 0 bridgehead atoms. The van der Waals surface area contributed by atoms with E-state index in [0.717, 1.165) is 16.1 Å². The fourth-order valence-corrected chi connectivity index (χ4v) is 5.05. The third-order valence-electron chi connectivity index (χ3n) is 6.23. The lowest BCUT2D eigenvalue weighted by Gasteiger charge is -2.29. The smallest absolute Gasteiger partial charge is 0.0812 e. The van der Waals surface area contributed by atoms with Gasteiger partial charge in [-0.05, 0) is 105 Å². The van der Waals surface area contributed by atoms with Crippen molar-refractivity contribution in [1.82, 2.24) is 0 Å². The van der Waals surface area contributed by atoms with Crippen molar-refractivity contribution < 1.29 is 4.74 Å². The first-order valence-corrected chi connectivity index (χ1v) is 12.1. The van der Waals surface area contributed by atoms with Crippen molar-refractivity contribution in [3.05, 3.63) is 70.2 Å². The molecule has 1 fully saturated rings. The average Bonchev–Trinajstić information content (AvgIpc) is 3.24. The van der Waals surface area contributed by atoms with Gasteiger partial charge in [-0.25, -0.2) is 0 Å². The van der Waals surface area contributed by atoms with Gasteiger partial charge in [0.25, 0.3) is 0 Å². The fraction of sp³-hybridized carbons (Fsp3) is 0.400. The minimum atomic E-state index is -0.229. The van der Waals surface area contributed by atoms with Gasteiger partial charge in [-0.15, -0.1) is 0 Å². The number of ether oxygens (including phenoxy) is 1. The van der Waals surface area contributed by atoms with E-state index in [0.29, 0.717) is 5.92 Å². The van der Waals surface area contributed by atoms with Crippen LogP contribution in [-0.2, 0) is 4.74 Å². The molecule has 1 nitrogen and oxygen atoms in total. The van der Waals surface area contributed by atoms with Crippen LogP contribution in [0.4, 0.5) is 0 Å². The second kappa shape index (κ2) is 9.30. The van der Waals surface area contributed by atoms with E-state index in [1.54, 1.807) is 0 Å². The molecule has 32 heavy (non-hydrogen) atoms. The maximum Gasteiger partial charge on any atom is 0.0812 e. The number of aryl methyl sites for hydroxylation is 1. The van der Waals surface area contributed by atoms with Crippen molar-refractivity contribution in [1.29, 1.82) is 0 Å². The number of rotatable bonds is 3. The summed E-state index contributed by atoms with van der Waals surface area (Å²) < 4.78 is 6.43. The molecule has 1 aliphatic carbocycles. The van der Waals surface area contributed by atoms with Crippen LogP contribution in [0.15, 0.2) is 48.5 Å². The Morgan fingerprint density at radius 1 is 1.00 bits per heavy atom. The second-order valence-corrected chi connectivity index (χ2v) is 10.5. The Morgan fingerprint density at radius 3 is 2.34 bits per heavy atom. The highest BCUT2D eigenvalue weighted by Gasteiger charge is 2.23. The minimum Gasteiger partial charge on any atom is -0.368 e. The van der Waals surface area contributed by atoms with Crippen molar-refractivity contribution in [2.75, 3.05) is 0 Å². The maximum absolute atomic E-state index is 6.43. The molecule has 166 valence electrons. The lowest BCUT2D eigenvalue weighted by atomic mass is 9.87. The van der Waals surface area contributed by atoms with E-state index in [1.165, 1.54) is 53.1 Å². The highest BCUT2D eigenvalue weighted by Crippen LogP contribution is 2.40. The monoisotopic (exact) mass is 444 g/mol. The Hall–Kier alpha value is -2.27. The van der Waals surface area contributed by atoms with Crippen LogP contribution < -0.4 is 0 Å². The van der Waals surface area contributed by atoms with Gasteiger partial charge in [0.15, 0.2) is 0 Å². The predicted molar refractivity (Wildman–Crippen MR) is 137 cm³/mol. The third kappa shape index (κ3) is 5.20. The van der Waals surface area contributed by atoms with Crippen LogP contribution in [0, 0.1) is 24.7 Å². The van der Waals surface area contributed by atoms with Gasteiger partial charge >= 0.3 is 0 Å². The maximum atomic E-state index is 6.43. The molecule has 3 aromatic carbocycles. The first-order valence-electron chi connectivity index (χ1n) is 11.7. The number of hydrogen-bond acceptors (Lipinski definition) is 1. The molecule has 4 rings (SSSR count). The van der Waals surface area contributed by atoms with E-state index in [2.05, 4.69) is 82.9 Å². The summed E-state index contributed by atoms with van der Waals surface area (Å²) in [6.45, 7) is 10.7. The molecule has 2 heteroatoms. The van der Waals surface area contributed by atoms with Crippen LogP contribution in [0.25, 0.3) is 21.9 Å². The summed E-state index contributed by atoms with van der Waals surface area (Å²) in [5.41, 5.74) is 5.70. The summed E-state index contributed by atoms with van der Waals surface area (Å²) in [4.78, 5) is 0. The Morgan fingerprint density at radius 2 is 1.69 bits per heavy atom. The third-order valence-corrected chi connectivity index (χ3v) is 6.49. The molecule has 0 amide bonds. The van der Waals surface area contributed by atoms with Gasteiger partial charge in [0, 0.05) is 16.5 Å². The number of fused-ring (bicyclic) bond motifs is 1. The van der Waals surface area contributed by atoms with Crippen molar-refractivity contribution in [3.8, 4) is 23.0 Å². The van der Waals surface area contributed by atoms with E-state index in [-0.39, 0.29) is 11.7 Å². The molecular formula is C30H33ClO. The van der Waals surface area contributed by atoms with Crippen molar-refractivity contribution in [3.63, 3.8) is 0 Å². The molecule has 0 saturated heterocycles. The van der Waals surface area contributed by atoms with Gasteiger partial charge in [-0.2, -0.15) is 0 Å². The Bertz CT molecular complexity index is 1170. The summed E-state index contributed by atoms with van der Waals surface area (Å²) >= 11 is 6.22. The normalized spacial score (nSPS) is 15.6. The molecule has 3 aromatic rings. The van der Waals surface area contributed by atoms with Gasteiger partial charge in [-0.3, -0.25) is 0 Å². The van der Waals surface area contributed by atoms with Crippen molar-refractivity contribution >= 4 is 22.4 Å². The molecule has 1 saturated carbocycles. The van der Waals surface area contributed by atoms with Crippen LogP contribution >= 0.6 is 11.6 Å². The van der Waals surface area contributed by atoms with Crippen molar-refractivity contribution in [2.45, 2.75) is 72.0 Å². The standard InChI is InChI=1S/C30H33ClO/c1-20-18-25-13-12-23(11-10-22-8-6-7-9-22)19-27(25)29(24-14-16-26(31)17-15-24)28(20)21(2)32-30(3,4)5/h12-19,21-22H,6-9H2,1-5H3. The minimum absolute atomic E-state index is 0.0432. The topological polar surface area (TPSA) is 9.23 Å². The summed E-state index contributed by atoms with van der Waals surface area (Å²) in [5.74, 6) is 7.53. The highest BCUT2D eigenvalue weighted by atomic mass is 35.5. The zero-order valence-corrected chi connectivity index (χ0v) is 20.6. The Balaban J connectivity index is 1.91. The molecule has 0 N–H and O–H groups in total. The first-order chi connectivity index (χ1) is 15.2. The molecule has 0 aromatic heterocycles. The Labute approximate surface area is 198 Å². The lowest BCUT2D eigenvalue weighted by Crippen LogP contribution is -2.22. The van der Waals surface area contributed by atoms with E-state index in [4.69, 9.17) is 16.3 Å². The van der Waals surface area contributed by atoms with Crippen LogP contribution in [0.2, 0.25) is 5.02 Å². The predicted octanol–water partition coefficient (Wildman–Crippen LogP) is 8.89. The molecule has 1 unspecified atom stereocenters. The van der Waals surface area contributed by atoms with Gasteiger partial charge in [0.1, 0.15) is 0 Å². The summed E-state index contributed by atoms with van der Waals surface area (Å²) in [5, 5.41) is 3.19. The molecule has 0 radical (unpaired) electrons. The van der Waals surface area contributed by atoms with Crippen LogP contribution in [0.1, 0.15) is 76.2 Å². The molecule has 0 heterocycles. The van der Waals surface area contributed by atoms with Gasteiger partial charge in [0.2, 0.25) is 0 Å². The number of hydrogen-bond donors (Lipinski definition) is 0. The van der Waals surface area contributed by atoms with E-state index < -0.39 is 0 Å². The van der Waals surface area contributed by atoms with Crippen LogP contribution in [0.3, 0.4) is 0 Å². The molecule has 0 aliphatic heterocycles. The summed E-state index contributed by atoms with van der Waals surface area (Å²) in [7, 11) is 0. The molecule has 1 aliphatic rings. The zero-order chi connectivity index (χ0) is 22.9. The van der Waals surface area contributed by atoms with Gasteiger partial charge in [0.05, 0.1) is 11.7 Å². The van der Waals surface area contributed by atoms with Crippen molar-refractivity contribution in [2.24, 2.45) is 5.92 Å². The van der Waals surface area contributed by atoms with Gasteiger partial charge in [-0.1, -0.05) is 60.5 Å². The Kier molecular flexibility index (Phi) is 6.66. The number of halogens is 1. The van der Waals surface area contributed by atoms with Gasteiger partial charge < -0.3 is 4.74 Å². The van der Waals surface area contributed by atoms with E-state index in [9.17, 15) is 0 Å². The molecule has 1 atom stereocenters. The largest absolute Gasteiger partial charge is 0.368 e. The zero-order valence-electron chi connectivity index (χ0n) is 19.9. The van der Waals surface area contributed by atoms with E-state index >= 15 is 0 Å². The molecule has 0 spiro atoms. The molecular weight excluding hydrogens is 412 g/mol. The van der Waals surface area contributed by atoms with E-state index in [1.807, 2.05) is 12.1 Å². The van der Waals surface area contributed by atoms with Crippen LogP contribution in [-0.4, -0.2) is 5.60 Å². The summed E-state index contributed by atoms with van der Waals surface area (Å²) in [6.07, 6.45) is 5.06. The lowest BCUT2D eigenvalue weighted by molar-refractivity contribution is -0.0529. The average molecular weight is 445 g/mol. The summed E-state index contributed by atoms with van der Waals surface area (Å²) in [6, 6.07) is 17.1. The quantitative estimate of drug-likeness (QED) is 0.366. The highest BCUT2D eigenvalue weighted by molar-refractivity contribution is 6.30. The number of benzene rings is 3. The first kappa shape index (κ1) is 22.9. The SMILES string of the molecule is Cc1cc2ccc(C#CC3CCCC3)cc2c(-c2ccc(Cl)cc2)c1C(C)OC(C)(C)C. The van der Waals surface area contributed by atoms with Crippen LogP contribution in [0.5, 0.6) is 0 Å².